The number of nitrogens with zero attached hydrogens (tertiary/aromatic N) is 3. The highest BCUT2D eigenvalue weighted by atomic mass is 32.2. The number of aliphatic carboxylic acids is 1. The van der Waals surface area contributed by atoms with Crippen LogP contribution < -0.4 is 0 Å². The van der Waals surface area contributed by atoms with E-state index in [-0.39, 0.29) is 11.4 Å². The maximum Gasteiger partial charge on any atom is 0.313 e. The number of carboxylic acids is 1. The summed E-state index contributed by atoms with van der Waals surface area (Å²) in [6, 6.07) is 0. The van der Waals surface area contributed by atoms with Crippen molar-refractivity contribution in [2.24, 2.45) is 0 Å². The second-order valence-corrected chi connectivity index (χ2v) is 6.09. The minimum Gasteiger partial charge on any atom is -0.481 e. The van der Waals surface area contributed by atoms with Gasteiger partial charge in [-0.05, 0) is 19.3 Å². The van der Waals surface area contributed by atoms with E-state index in [0.29, 0.717) is 24.7 Å². The number of carbonyl (C=O) groups is 1. The van der Waals surface area contributed by atoms with Crippen molar-refractivity contribution in [3.63, 3.8) is 0 Å². The number of ether oxygens (including phenoxy) is 2. The van der Waals surface area contributed by atoms with E-state index in [4.69, 9.17) is 14.6 Å². The number of carboxylic acid groups (broad SMARTS) is 1. The van der Waals surface area contributed by atoms with Gasteiger partial charge in [0.15, 0.2) is 5.16 Å². The zero-order chi connectivity index (χ0) is 15.3. The first kappa shape index (κ1) is 16.3. The molecule has 8 heteroatoms. The van der Waals surface area contributed by atoms with Gasteiger partial charge in [0.25, 0.3) is 0 Å². The first-order valence-corrected chi connectivity index (χ1v) is 7.89. The highest BCUT2D eigenvalue weighted by molar-refractivity contribution is 7.99. The van der Waals surface area contributed by atoms with Crippen LogP contribution in [0.25, 0.3) is 0 Å². The lowest BCUT2D eigenvalue weighted by Crippen LogP contribution is -2.42. The summed E-state index contributed by atoms with van der Waals surface area (Å²) in [5, 5.41) is 17.8. The minimum absolute atomic E-state index is 0.0272. The molecule has 2 rings (SSSR count). The van der Waals surface area contributed by atoms with Gasteiger partial charge in [0.05, 0.1) is 18.0 Å². The van der Waals surface area contributed by atoms with Crippen molar-refractivity contribution in [3.05, 3.63) is 5.82 Å². The van der Waals surface area contributed by atoms with Crippen LogP contribution in [0.1, 0.15) is 25.1 Å². The van der Waals surface area contributed by atoms with E-state index in [9.17, 15) is 4.79 Å². The molecule has 118 valence electrons. The lowest BCUT2D eigenvalue weighted by molar-refractivity contribution is -0.133. The standard InChI is InChI=1S/C13H21N3O4S/c1-19-7-6-16-10(8-13(20-2)4-3-5-13)14-15-12(16)21-9-11(17)18/h3-9H2,1-2H3,(H,17,18). The van der Waals surface area contributed by atoms with Crippen molar-refractivity contribution in [2.75, 3.05) is 26.6 Å². The Morgan fingerprint density at radius 3 is 2.71 bits per heavy atom. The van der Waals surface area contributed by atoms with Gasteiger partial charge in [0.2, 0.25) is 0 Å². The van der Waals surface area contributed by atoms with Crippen molar-refractivity contribution in [1.29, 1.82) is 0 Å². The third kappa shape index (κ3) is 3.96. The fraction of sp³-hybridized carbons (Fsp3) is 0.769. The fourth-order valence-electron chi connectivity index (χ4n) is 2.40. The normalized spacial score (nSPS) is 16.7. The van der Waals surface area contributed by atoms with Crippen LogP contribution in [0.2, 0.25) is 0 Å². The smallest absolute Gasteiger partial charge is 0.313 e. The molecule has 1 saturated carbocycles. The van der Waals surface area contributed by atoms with Gasteiger partial charge in [0.1, 0.15) is 5.82 Å². The van der Waals surface area contributed by atoms with Gasteiger partial charge in [-0.15, -0.1) is 10.2 Å². The predicted molar refractivity (Wildman–Crippen MR) is 77.6 cm³/mol. The van der Waals surface area contributed by atoms with Gasteiger partial charge in [-0.2, -0.15) is 0 Å². The van der Waals surface area contributed by atoms with E-state index in [0.717, 1.165) is 18.7 Å². The lowest BCUT2D eigenvalue weighted by Gasteiger charge is -2.40. The van der Waals surface area contributed by atoms with Gasteiger partial charge >= 0.3 is 5.97 Å². The largest absolute Gasteiger partial charge is 0.481 e. The molecule has 1 aromatic rings. The molecule has 1 heterocycles. The van der Waals surface area contributed by atoms with Crippen LogP contribution in [0.15, 0.2) is 5.16 Å². The molecule has 0 spiro atoms. The van der Waals surface area contributed by atoms with Gasteiger partial charge in [-0.1, -0.05) is 11.8 Å². The second-order valence-electron chi connectivity index (χ2n) is 5.14. The Hall–Kier alpha value is -1.12. The molecule has 1 N–H and O–H groups in total. The maximum atomic E-state index is 10.7. The summed E-state index contributed by atoms with van der Waals surface area (Å²) in [4.78, 5) is 10.7. The Labute approximate surface area is 128 Å². The molecule has 1 aromatic heterocycles. The van der Waals surface area contributed by atoms with Crippen LogP contribution in [-0.2, 0) is 27.2 Å². The quantitative estimate of drug-likeness (QED) is 0.685. The summed E-state index contributed by atoms with van der Waals surface area (Å²) in [6.07, 6.45) is 3.92. The number of hydrogen-bond acceptors (Lipinski definition) is 6. The Bertz CT molecular complexity index is 482. The summed E-state index contributed by atoms with van der Waals surface area (Å²) in [6.45, 7) is 1.15. The highest BCUT2D eigenvalue weighted by Crippen LogP contribution is 2.38. The van der Waals surface area contributed by atoms with Crippen molar-refractivity contribution in [3.8, 4) is 0 Å². The molecule has 21 heavy (non-hydrogen) atoms. The molecule has 0 unspecified atom stereocenters. The highest BCUT2D eigenvalue weighted by Gasteiger charge is 2.38. The van der Waals surface area contributed by atoms with Crippen LogP contribution in [-0.4, -0.2) is 58.0 Å². The second kappa shape index (κ2) is 7.24. The average molecular weight is 315 g/mol. The van der Waals surface area contributed by atoms with Crippen molar-refractivity contribution in [1.82, 2.24) is 14.8 Å². The number of rotatable bonds is 9. The molecule has 0 radical (unpaired) electrons. The molecule has 7 nitrogen and oxygen atoms in total. The molecule has 0 aliphatic heterocycles. The Kier molecular flexibility index (Phi) is 5.60. The predicted octanol–water partition coefficient (Wildman–Crippen LogP) is 1.21. The molecule has 0 amide bonds. The van der Waals surface area contributed by atoms with E-state index in [2.05, 4.69) is 10.2 Å². The average Bonchev–Trinajstić information content (AvgIpc) is 2.80. The van der Waals surface area contributed by atoms with Crippen molar-refractivity contribution < 1.29 is 19.4 Å². The van der Waals surface area contributed by atoms with Crippen LogP contribution in [0.5, 0.6) is 0 Å². The first-order valence-electron chi connectivity index (χ1n) is 6.91. The van der Waals surface area contributed by atoms with E-state index in [1.54, 1.807) is 14.2 Å². The third-order valence-electron chi connectivity index (χ3n) is 3.82. The van der Waals surface area contributed by atoms with E-state index < -0.39 is 5.97 Å². The third-order valence-corrected chi connectivity index (χ3v) is 4.77. The first-order chi connectivity index (χ1) is 10.1. The van der Waals surface area contributed by atoms with Gasteiger partial charge in [-0.25, -0.2) is 0 Å². The number of aromatic nitrogens is 3. The Morgan fingerprint density at radius 1 is 1.43 bits per heavy atom. The summed E-state index contributed by atoms with van der Waals surface area (Å²) in [5.74, 6) is -0.0581. The van der Waals surface area contributed by atoms with Gasteiger partial charge in [-0.3, -0.25) is 4.79 Å². The van der Waals surface area contributed by atoms with Crippen molar-refractivity contribution in [2.45, 2.75) is 43.0 Å². The Morgan fingerprint density at radius 2 is 2.19 bits per heavy atom. The van der Waals surface area contributed by atoms with E-state index >= 15 is 0 Å². The zero-order valence-electron chi connectivity index (χ0n) is 12.4. The van der Waals surface area contributed by atoms with Crippen LogP contribution >= 0.6 is 11.8 Å². The molecular formula is C13H21N3O4S. The molecular weight excluding hydrogens is 294 g/mol. The van der Waals surface area contributed by atoms with Crippen molar-refractivity contribution >= 4 is 17.7 Å². The topological polar surface area (TPSA) is 86.5 Å². The Balaban J connectivity index is 2.13. The van der Waals surface area contributed by atoms with Gasteiger partial charge in [0, 0.05) is 27.2 Å². The molecule has 0 saturated heterocycles. The molecule has 1 aliphatic carbocycles. The molecule has 0 aromatic carbocycles. The number of methoxy groups -OCH3 is 2. The van der Waals surface area contributed by atoms with Crippen LogP contribution in [0.4, 0.5) is 0 Å². The SMILES string of the molecule is COCCn1c(CC2(OC)CCC2)nnc1SCC(=O)O. The summed E-state index contributed by atoms with van der Waals surface area (Å²) < 4.78 is 12.7. The number of hydrogen-bond donors (Lipinski definition) is 1. The molecule has 1 fully saturated rings. The summed E-state index contributed by atoms with van der Waals surface area (Å²) >= 11 is 1.18. The van der Waals surface area contributed by atoms with Gasteiger partial charge < -0.3 is 19.1 Å². The maximum absolute atomic E-state index is 10.7. The zero-order valence-corrected chi connectivity index (χ0v) is 13.2. The molecule has 1 aliphatic rings. The minimum atomic E-state index is -0.866. The van der Waals surface area contributed by atoms with Crippen LogP contribution in [0.3, 0.4) is 0 Å². The lowest BCUT2D eigenvalue weighted by atomic mass is 9.77. The van der Waals surface area contributed by atoms with E-state index in [1.807, 2.05) is 4.57 Å². The molecule has 0 bridgehead atoms. The summed E-state index contributed by atoms with van der Waals surface area (Å²) in [7, 11) is 3.37. The monoisotopic (exact) mass is 315 g/mol. The summed E-state index contributed by atoms with van der Waals surface area (Å²) in [5.41, 5.74) is -0.132. The molecule has 0 atom stereocenters. The number of thioether (sulfide) groups is 1. The van der Waals surface area contributed by atoms with Crippen LogP contribution in [0, 0.1) is 0 Å². The fourth-order valence-corrected chi connectivity index (χ4v) is 3.11. The van der Waals surface area contributed by atoms with E-state index in [1.165, 1.54) is 18.2 Å².